The van der Waals surface area contributed by atoms with E-state index in [0.717, 1.165) is 46.4 Å². The number of hydrogen-bond donors (Lipinski definition) is 3. The number of nitrogens with zero attached hydrogens (tertiary/aromatic N) is 3. The Labute approximate surface area is 205 Å². The fraction of sp³-hybridized carbons (Fsp3) is 0.308. The van der Waals surface area contributed by atoms with Gasteiger partial charge in [-0.3, -0.25) is 14.4 Å². The predicted octanol–water partition coefficient (Wildman–Crippen LogP) is 3.86. The Balaban J connectivity index is 1.34. The van der Waals surface area contributed by atoms with Gasteiger partial charge in [0.25, 0.3) is 5.91 Å². The second kappa shape index (κ2) is 9.79. The van der Waals surface area contributed by atoms with Crippen molar-refractivity contribution in [3.63, 3.8) is 0 Å². The van der Waals surface area contributed by atoms with Crippen LogP contribution in [0.25, 0.3) is 10.9 Å². The minimum absolute atomic E-state index is 0.0521. The molecule has 1 aliphatic heterocycles. The minimum atomic E-state index is -4.45. The first-order chi connectivity index (χ1) is 17.3. The van der Waals surface area contributed by atoms with Gasteiger partial charge in [0.1, 0.15) is 0 Å². The Morgan fingerprint density at radius 3 is 2.81 bits per heavy atom. The second-order valence-corrected chi connectivity index (χ2v) is 8.92. The molecular formula is C26H26F3N5O2. The van der Waals surface area contributed by atoms with Crippen molar-refractivity contribution in [1.82, 2.24) is 25.0 Å². The van der Waals surface area contributed by atoms with Gasteiger partial charge in [-0.25, -0.2) is 0 Å². The summed E-state index contributed by atoms with van der Waals surface area (Å²) in [6.07, 6.45) is -1.78. The average Bonchev–Trinajstić information content (AvgIpc) is 3.44. The van der Waals surface area contributed by atoms with Crippen LogP contribution in [0.15, 0.2) is 54.7 Å². The van der Waals surface area contributed by atoms with E-state index in [4.69, 9.17) is 0 Å². The van der Waals surface area contributed by atoms with Gasteiger partial charge in [0.05, 0.1) is 18.7 Å². The Hall–Kier alpha value is -3.63. The molecule has 2 aromatic heterocycles. The highest BCUT2D eigenvalue weighted by molar-refractivity contribution is 5.94. The van der Waals surface area contributed by atoms with Crippen molar-refractivity contribution < 1.29 is 23.1 Å². The molecule has 0 saturated heterocycles. The van der Waals surface area contributed by atoms with Crippen molar-refractivity contribution in [2.24, 2.45) is 0 Å². The lowest BCUT2D eigenvalue weighted by molar-refractivity contribution is -0.137. The number of aliphatic hydroxyl groups is 1. The number of para-hydroxylation sites is 1. The van der Waals surface area contributed by atoms with Gasteiger partial charge in [0.15, 0.2) is 5.69 Å². The summed E-state index contributed by atoms with van der Waals surface area (Å²) < 4.78 is 40.7. The van der Waals surface area contributed by atoms with Crippen LogP contribution in [0.1, 0.15) is 38.4 Å². The minimum Gasteiger partial charge on any atom is -0.394 e. The predicted molar refractivity (Wildman–Crippen MR) is 128 cm³/mol. The van der Waals surface area contributed by atoms with Crippen LogP contribution >= 0.6 is 0 Å². The van der Waals surface area contributed by atoms with Crippen molar-refractivity contribution in [1.29, 1.82) is 0 Å². The maximum absolute atomic E-state index is 13.1. The van der Waals surface area contributed by atoms with Crippen LogP contribution in [0.4, 0.5) is 13.2 Å². The zero-order chi connectivity index (χ0) is 25.3. The van der Waals surface area contributed by atoms with Crippen molar-refractivity contribution >= 4 is 16.8 Å². The van der Waals surface area contributed by atoms with E-state index >= 15 is 0 Å². The van der Waals surface area contributed by atoms with Gasteiger partial charge in [0.2, 0.25) is 0 Å². The lowest BCUT2D eigenvalue weighted by Gasteiger charge is -2.27. The van der Waals surface area contributed by atoms with Gasteiger partial charge in [-0.15, -0.1) is 0 Å². The number of carbonyl (C=O) groups is 1. The molecule has 2 aromatic carbocycles. The van der Waals surface area contributed by atoms with E-state index in [1.807, 2.05) is 24.4 Å². The molecule has 0 radical (unpaired) electrons. The number of H-pyrrole nitrogens is 1. The highest BCUT2D eigenvalue weighted by Gasteiger charge is 2.31. The van der Waals surface area contributed by atoms with E-state index in [0.29, 0.717) is 25.1 Å². The Morgan fingerprint density at radius 1 is 1.17 bits per heavy atom. The third-order valence-electron chi connectivity index (χ3n) is 6.52. The third-order valence-corrected chi connectivity index (χ3v) is 6.52. The van der Waals surface area contributed by atoms with E-state index in [2.05, 4.69) is 26.4 Å². The first-order valence-electron chi connectivity index (χ1n) is 11.7. The third kappa shape index (κ3) is 4.87. The van der Waals surface area contributed by atoms with Crippen molar-refractivity contribution in [2.45, 2.75) is 38.8 Å². The summed E-state index contributed by atoms with van der Waals surface area (Å²) in [5.41, 5.74) is 3.76. The standard InChI is InChI=1S/C26H26F3N5O2/c27-26(28,29)19-5-3-4-17(12-19)13-31-25(36)24-21-16-33(9-8-23(21)34(32-24)10-11-35)15-18-14-30-22-7-2-1-6-20(18)22/h1-7,12,14,30,35H,8-11,13,15-16H2,(H,31,36). The molecule has 36 heavy (non-hydrogen) atoms. The number of benzene rings is 2. The van der Waals surface area contributed by atoms with Crippen LogP contribution in [-0.4, -0.2) is 43.8 Å². The quantitative estimate of drug-likeness (QED) is 0.362. The summed E-state index contributed by atoms with van der Waals surface area (Å²) in [6.45, 7) is 2.08. The number of fused-ring (bicyclic) bond motifs is 2. The number of alkyl halides is 3. The Morgan fingerprint density at radius 2 is 2.00 bits per heavy atom. The number of aromatic amines is 1. The number of halogens is 3. The van der Waals surface area contributed by atoms with Crippen molar-refractivity contribution in [3.8, 4) is 0 Å². The maximum Gasteiger partial charge on any atom is 0.416 e. The number of amides is 1. The summed E-state index contributed by atoms with van der Waals surface area (Å²) in [4.78, 5) is 18.6. The number of carbonyl (C=O) groups excluding carboxylic acids is 1. The molecule has 1 amide bonds. The molecule has 5 rings (SSSR count). The normalized spacial score (nSPS) is 14.2. The van der Waals surface area contributed by atoms with Gasteiger partial charge >= 0.3 is 6.18 Å². The van der Waals surface area contributed by atoms with Crippen LogP contribution in [0.5, 0.6) is 0 Å². The SMILES string of the molecule is O=C(NCc1cccc(C(F)(F)F)c1)c1nn(CCO)c2c1CN(Cc1c[nH]c3ccccc13)CC2. The Bertz CT molecular complexity index is 1390. The topological polar surface area (TPSA) is 86.2 Å². The molecule has 3 heterocycles. The summed E-state index contributed by atoms with van der Waals surface area (Å²) >= 11 is 0. The monoisotopic (exact) mass is 497 g/mol. The molecule has 3 N–H and O–H groups in total. The Kier molecular flexibility index (Phi) is 6.55. The molecule has 0 unspecified atom stereocenters. The summed E-state index contributed by atoms with van der Waals surface area (Å²) in [7, 11) is 0. The van der Waals surface area contributed by atoms with E-state index in [1.165, 1.54) is 12.1 Å². The molecule has 4 aromatic rings. The van der Waals surface area contributed by atoms with E-state index in [9.17, 15) is 23.1 Å². The molecule has 188 valence electrons. The number of aliphatic hydroxyl groups excluding tert-OH is 1. The first-order valence-corrected chi connectivity index (χ1v) is 11.7. The number of aromatic nitrogens is 3. The van der Waals surface area contributed by atoms with E-state index < -0.39 is 17.6 Å². The maximum atomic E-state index is 13.1. The van der Waals surface area contributed by atoms with Gasteiger partial charge in [0, 0.05) is 61.0 Å². The van der Waals surface area contributed by atoms with Crippen molar-refractivity contribution in [2.75, 3.05) is 13.2 Å². The number of hydrogen-bond acceptors (Lipinski definition) is 4. The van der Waals surface area contributed by atoms with Crippen LogP contribution in [0.2, 0.25) is 0 Å². The zero-order valence-electron chi connectivity index (χ0n) is 19.5. The largest absolute Gasteiger partial charge is 0.416 e. The molecular weight excluding hydrogens is 471 g/mol. The summed E-state index contributed by atoms with van der Waals surface area (Å²) in [6, 6.07) is 13.0. The molecule has 7 nitrogen and oxygen atoms in total. The molecule has 0 saturated carbocycles. The highest BCUT2D eigenvalue weighted by atomic mass is 19.4. The van der Waals surface area contributed by atoms with Gasteiger partial charge in [-0.05, 0) is 29.3 Å². The van der Waals surface area contributed by atoms with Gasteiger partial charge < -0.3 is 15.4 Å². The molecule has 0 atom stereocenters. The van der Waals surface area contributed by atoms with Crippen LogP contribution < -0.4 is 5.32 Å². The van der Waals surface area contributed by atoms with Crippen LogP contribution in [-0.2, 0) is 38.8 Å². The van der Waals surface area contributed by atoms with E-state index in [1.54, 1.807) is 4.68 Å². The number of nitrogens with one attached hydrogen (secondary N) is 2. The van der Waals surface area contributed by atoms with Gasteiger partial charge in [-0.2, -0.15) is 18.3 Å². The fourth-order valence-corrected chi connectivity index (χ4v) is 4.77. The summed E-state index contributed by atoms with van der Waals surface area (Å²) in [5, 5.41) is 17.8. The molecule has 1 aliphatic rings. The fourth-order valence-electron chi connectivity index (χ4n) is 4.77. The van der Waals surface area contributed by atoms with Crippen LogP contribution in [0, 0.1) is 0 Å². The smallest absolute Gasteiger partial charge is 0.394 e. The van der Waals surface area contributed by atoms with Crippen molar-refractivity contribution in [3.05, 3.63) is 88.4 Å². The number of rotatable bonds is 7. The molecule has 0 aliphatic carbocycles. The first kappa shape index (κ1) is 24.1. The molecule has 0 fully saturated rings. The van der Waals surface area contributed by atoms with E-state index in [-0.39, 0.29) is 25.4 Å². The highest BCUT2D eigenvalue weighted by Crippen LogP contribution is 2.30. The average molecular weight is 498 g/mol. The lowest BCUT2D eigenvalue weighted by atomic mass is 10.0. The molecule has 0 bridgehead atoms. The molecule has 0 spiro atoms. The lowest BCUT2D eigenvalue weighted by Crippen LogP contribution is -2.32. The van der Waals surface area contributed by atoms with Gasteiger partial charge in [-0.1, -0.05) is 30.3 Å². The summed E-state index contributed by atoms with van der Waals surface area (Å²) in [5.74, 6) is -0.450. The van der Waals surface area contributed by atoms with Crippen LogP contribution in [0.3, 0.4) is 0 Å². The zero-order valence-corrected chi connectivity index (χ0v) is 19.5. The second-order valence-electron chi connectivity index (χ2n) is 8.92. The molecule has 10 heteroatoms.